The molecule has 0 N–H and O–H groups in total. The topological polar surface area (TPSA) is 219 Å². The van der Waals surface area contributed by atoms with Crippen LogP contribution < -0.4 is 14.4 Å². The van der Waals surface area contributed by atoms with Gasteiger partial charge in [0.25, 0.3) is 10.2 Å². The van der Waals surface area contributed by atoms with E-state index in [4.69, 9.17) is 37.9 Å². The molecule has 3 aliphatic rings. The molecule has 2 heterocycles. The third kappa shape index (κ3) is 17.7. The van der Waals surface area contributed by atoms with Crippen molar-refractivity contribution < 1.29 is 67.3 Å². The highest BCUT2D eigenvalue weighted by molar-refractivity contribution is 5.68. The Morgan fingerprint density at radius 2 is 1.39 bits per heavy atom. The highest BCUT2D eigenvalue weighted by atomic mass is 17.0. The number of para-hydroxylation sites is 1. The molecule has 20 heteroatoms. The normalized spacial score (nSPS) is 20.6. The standard InChI is InChI=1S/C44H64N4O16/c1-55-24-13-22-45-23-29-56-39-21-16-34(30-38(39)45)33-59-40-31-46(43(49)57-25-9-2-4-11-27-60-47(51)52)32-41(64-44(50)58-26-10-3-5-12-28-61-48(53)54)42(40)63-37-19-17-36(18-20-37)62-35-14-7-6-8-15-35/h6-8,14-16,21,30,36-37,40-42H,2-5,9-13,17-20,22-29,31-33H2,1H3. The van der Waals surface area contributed by atoms with Gasteiger partial charge in [0.2, 0.25) is 0 Å². The monoisotopic (exact) mass is 904 g/mol. The van der Waals surface area contributed by atoms with Crippen molar-refractivity contribution in [1.29, 1.82) is 0 Å². The predicted molar refractivity (Wildman–Crippen MR) is 229 cm³/mol. The Morgan fingerprint density at radius 1 is 0.750 bits per heavy atom. The van der Waals surface area contributed by atoms with Gasteiger partial charge >= 0.3 is 12.2 Å². The Morgan fingerprint density at radius 3 is 2.06 bits per heavy atom. The number of likely N-dealkylation sites (tertiary alicyclic amines) is 1. The first-order valence-electron chi connectivity index (χ1n) is 22.5. The molecule has 1 amide bonds. The van der Waals surface area contributed by atoms with Crippen LogP contribution in [-0.4, -0.2) is 131 Å². The molecule has 64 heavy (non-hydrogen) atoms. The first kappa shape index (κ1) is 49.7. The molecule has 0 aromatic heterocycles. The fourth-order valence-electron chi connectivity index (χ4n) is 7.93. The quantitative estimate of drug-likeness (QED) is 0.0360. The van der Waals surface area contributed by atoms with Crippen LogP contribution in [0.5, 0.6) is 11.5 Å². The average Bonchev–Trinajstić information content (AvgIpc) is 3.29. The maximum absolute atomic E-state index is 13.7. The van der Waals surface area contributed by atoms with E-state index < -0.39 is 40.7 Å². The Labute approximate surface area is 373 Å². The van der Waals surface area contributed by atoms with E-state index >= 15 is 0 Å². The van der Waals surface area contributed by atoms with Crippen LogP contribution in [0.1, 0.15) is 89.0 Å². The fraction of sp³-hybridized carbons (Fsp3) is 0.682. The predicted octanol–water partition coefficient (Wildman–Crippen LogP) is 7.09. The lowest BCUT2D eigenvalue weighted by atomic mass is 9.93. The van der Waals surface area contributed by atoms with Crippen molar-refractivity contribution in [3.05, 3.63) is 74.3 Å². The maximum atomic E-state index is 13.7. The zero-order valence-corrected chi connectivity index (χ0v) is 36.8. The van der Waals surface area contributed by atoms with Gasteiger partial charge in [-0.1, -0.05) is 37.1 Å². The number of anilines is 1. The molecule has 3 atom stereocenters. The molecule has 5 rings (SSSR count). The van der Waals surface area contributed by atoms with Gasteiger partial charge in [-0.3, -0.25) is 0 Å². The molecule has 1 saturated carbocycles. The van der Waals surface area contributed by atoms with Gasteiger partial charge in [-0.15, -0.1) is 20.2 Å². The third-order valence-electron chi connectivity index (χ3n) is 11.2. The lowest BCUT2D eigenvalue weighted by Crippen LogP contribution is -2.60. The van der Waals surface area contributed by atoms with Crippen molar-refractivity contribution in [2.24, 2.45) is 0 Å². The van der Waals surface area contributed by atoms with Gasteiger partial charge in [-0.25, -0.2) is 9.59 Å². The highest BCUT2D eigenvalue weighted by Crippen LogP contribution is 2.34. The molecular formula is C44H64N4O16. The number of carbonyl (C=O) groups excluding carboxylic acids is 2. The van der Waals surface area contributed by atoms with Gasteiger partial charge in [0.1, 0.15) is 30.3 Å². The van der Waals surface area contributed by atoms with Crippen LogP contribution in [0.4, 0.5) is 15.3 Å². The molecule has 356 valence electrons. The minimum absolute atomic E-state index is 0.00151. The summed E-state index contributed by atoms with van der Waals surface area (Å²) in [6.45, 7) is 3.16. The van der Waals surface area contributed by atoms with E-state index in [9.17, 15) is 29.8 Å². The number of rotatable bonds is 28. The van der Waals surface area contributed by atoms with E-state index in [2.05, 4.69) is 14.6 Å². The molecule has 0 bridgehead atoms. The van der Waals surface area contributed by atoms with Crippen LogP contribution in [-0.2, 0) is 44.7 Å². The zero-order valence-electron chi connectivity index (χ0n) is 36.8. The molecule has 2 aromatic carbocycles. The van der Waals surface area contributed by atoms with Crippen molar-refractivity contribution >= 4 is 17.9 Å². The lowest BCUT2D eigenvalue weighted by molar-refractivity contribution is -0.757. The zero-order chi connectivity index (χ0) is 45.4. The number of unbranched alkanes of at least 4 members (excludes halogenated alkanes) is 6. The third-order valence-corrected chi connectivity index (χ3v) is 11.2. The number of benzene rings is 2. The number of hydrogen-bond donors (Lipinski definition) is 0. The summed E-state index contributed by atoms with van der Waals surface area (Å²) in [6.07, 6.45) is 4.22. The Balaban J connectivity index is 1.27. The second-order valence-electron chi connectivity index (χ2n) is 16.0. The van der Waals surface area contributed by atoms with Crippen LogP contribution in [0.2, 0.25) is 0 Å². The largest absolute Gasteiger partial charge is 0.508 e. The number of methoxy groups -OCH3 is 1. The minimum Gasteiger partial charge on any atom is -0.490 e. The van der Waals surface area contributed by atoms with E-state index in [1.807, 2.05) is 48.5 Å². The number of fused-ring (bicyclic) bond motifs is 1. The molecule has 0 radical (unpaired) electrons. The summed E-state index contributed by atoms with van der Waals surface area (Å²) in [5.41, 5.74) is 1.84. The van der Waals surface area contributed by atoms with E-state index in [0.717, 1.165) is 55.1 Å². The Hall–Kier alpha value is -5.34. The molecule has 20 nitrogen and oxygen atoms in total. The van der Waals surface area contributed by atoms with Crippen molar-refractivity contribution in [2.75, 3.05) is 77.8 Å². The van der Waals surface area contributed by atoms with Crippen molar-refractivity contribution in [3.8, 4) is 11.5 Å². The van der Waals surface area contributed by atoms with Crippen LogP contribution in [0.15, 0.2) is 48.5 Å². The number of piperidine rings is 1. The highest BCUT2D eigenvalue weighted by Gasteiger charge is 2.45. The second-order valence-corrected chi connectivity index (χ2v) is 16.0. The van der Waals surface area contributed by atoms with Gasteiger partial charge < -0.3 is 57.4 Å². The average molecular weight is 905 g/mol. The molecule has 2 fully saturated rings. The SMILES string of the molecule is COCCCN1CCOc2ccc(COC3CN(C(=O)OCCCCCCO[N+](=O)[O-])CC(OC(=O)OCCCCCCO[N+](=O)[O-])C3OC3CCC(Oc4ccccc4)CC3)cc21. The molecule has 1 aliphatic carbocycles. The van der Waals surface area contributed by atoms with Crippen LogP contribution in [0, 0.1) is 20.2 Å². The van der Waals surface area contributed by atoms with Gasteiger partial charge in [0, 0.05) is 20.3 Å². The van der Waals surface area contributed by atoms with E-state index in [1.54, 1.807) is 7.11 Å². The second kappa shape index (κ2) is 27.8. The summed E-state index contributed by atoms with van der Waals surface area (Å²) in [7, 11) is 1.69. The van der Waals surface area contributed by atoms with Crippen molar-refractivity contribution in [2.45, 2.75) is 121 Å². The molecule has 2 aromatic rings. The molecular weight excluding hydrogens is 840 g/mol. The number of nitrogens with zero attached hydrogens (tertiary/aromatic N) is 4. The maximum Gasteiger partial charge on any atom is 0.508 e. The van der Waals surface area contributed by atoms with Gasteiger partial charge in [0.05, 0.1) is 70.6 Å². The van der Waals surface area contributed by atoms with E-state index in [0.29, 0.717) is 77.4 Å². The lowest BCUT2D eigenvalue weighted by Gasteiger charge is -2.43. The summed E-state index contributed by atoms with van der Waals surface area (Å²) >= 11 is 0. The summed E-state index contributed by atoms with van der Waals surface area (Å²) < 4.78 is 48.1. The molecule has 0 spiro atoms. The summed E-state index contributed by atoms with van der Waals surface area (Å²) in [6, 6.07) is 15.6. The first-order valence-corrected chi connectivity index (χ1v) is 22.5. The van der Waals surface area contributed by atoms with E-state index in [-0.39, 0.29) is 58.3 Å². The van der Waals surface area contributed by atoms with Gasteiger partial charge in [0.15, 0.2) is 6.10 Å². The number of amides is 1. The van der Waals surface area contributed by atoms with Gasteiger partial charge in [-0.05, 0) is 100 Å². The summed E-state index contributed by atoms with van der Waals surface area (Å²) in [5, 5.41) is 19.2. The number of hydrogen-bond acceptors (Lipinski definition) is 17. The summed E-state index contributed by atoms with van der Waals surface area (Å²) in [4.78, 5) is 60.2. The molecule has 1 saturated heterocycles. The van der Waals surface area contributed by atoms with Crippen molar-refractivity contribution in [1.82, 2.24) is 4.90 Å². The molecule has 3 unspecified atom stereocenters. The number of carbonyl (C=O) groups is 2. The van der Waals surface area contributed by atoms with Gasteiger partial charge in [-0.2, -0.15) is 0 Å². The Kier molecular flexibility index (Phi) is 21.5. The van der Waals surface area contributed by atoms with Crippen molar-refractivity contribution in [3.63, 3.8) is 0 Å². The summed E-state index contributed by atoms with van der Waals surface area (Å²) in [5.74, 6) is 1.59. The van der Waals surface area contributed by atoms with Crippen LogP contribution >= 0.6 is 0 Å². The van der Waals surface area contributed by atoms with Crippen LogP contribution in [0.25, 0.3) is 0 Å². The minimum atomic E-state index is -0.980. The van der Waals surface area contributed by atoms with Crippen LogP contribution in [0.3, 0.4) is 0 Å². The Bertz CT molecular complexity index is 1700. The fourth-order valence-corrected chi connectivity index (χ4v) is 7.93. The van der Waals surface area contributed by atoms with E-state index in [1.165, 1.54) is 4.90 Å². The number of ether oxygens (including phenoxy) is 8. The molecule has 2 aliphatic heterocycles. The first-order chi connectivity index (χ1) is 31.2. The smallest absolute Gasteiger partial charge is 0.490 e.